The SMILES string of the molecule is Cc1ccc(C(=O)C2C(c3ccccc3F)C(C#N)(C#N)C3C=Cc4ccccc4N23)cc1. The summed E-state index contributed by atoms with van der Waals surface area (Å²) in [5, 5.41) is 20.7. The fourth-order valence-corrected chi connectivity index (χ4v) is 5.19. The maximum Gasteiger partial charge on any atom is 0.185 e. The number of benzene rings is 3. The van der Waals surface area contributed by atoms with Gasteiger partial charge in [0.2, 0.25) is 0 Å². The average Bonchev–Trinajstić information content (AvgIpc) is 3.15. The average molecular weight is 433 g/mol. The molecule has 5 heteroatoms. The van der Waals surface area contributed by atoms with Gasteiger partial charge in [-0.2, -0.15) is 10.5 Å². The lowest BCUT2D eigenvalue weighted by atomic mass is 9.69. The van der Waals surface area contributed by atoms with Gasteiger partial charge in [0, 0.05) is 17.2 Å². The van der Waals surface area contributed by atoms with Gasteiger partial charge in [-0.05, 0) is 30.2 Å². The number of anilines is 1. The zero-order valence-electron chi connectivity index (χ0n) is 17.9. The molecule has 0 spiro atoms. The first kappa shape index (κ1) is 20.7. The van der Waals surface area contributed by atoms with Gasteiger partial charge in [0.25, 0.3) is 0 Å². The first-order chi connectivity index (χ1) is 16.0. The number of fused-ring (bicyclic) bond motifs is 3. The predicted molar refractivity (Wildman–Crippen MR) is 124 cm³/mol. The van der Waals surface area contributed by atoms with Crippen LogP contribution in [-0.4, -0.2) is 17.9 Å². The van der Waals surface area contributed by atoms with Crippen molar-refractivity contribution in [2.45, 2.75) is 24.9 Å². The number of carbonyl (C=O) groups is 1. The molecule has 3 atom stereocenters. The van der Waals surface area contributed by atoms with Crippen LogP contribution >= 0.6 is 0 Å². The number of rotatable bonds is 3. The summed E-state index contributed by atoms with van der Waals surface area (Å²) in [6, 6.07) is 23.7. The minimum Gasteiger partial charge on any atom is -0.351 e. The van der Waals surface area contributed by atoms with Crippen LogP contribution in [0.4, 0.5) is 10.1 Å². The largest absolute Gasteiger partial charge is 0.351 e. The van der Waals surface area contributed by atoms with E-state index in [0.717, 1.165) is 16.8 Å². The normalized spacial score (nSPS) is 22.1. The summed E-state index contributed by atoms with van der Waals surface area (Å²) >= 11 is 0. The smallest absolute Gasteiger partial charge is 0.185 e. The molecule has 0 radical (unpaired) electrons. The van der Waals surface area contributed by atoms with Crippen molar-refractivity contribution in [3.63, 3.8) is 0 Å². The van der Waals surface area contributed by atoms with Crippen molar-refractivity contribution in [2.75, 3.05) is 4.90 Å². The Bertz CT molecular complexity index is 1350. The number of aryl methyl sites for hydroxylation is 1. The summed E-state index contributed by atoms with van der Waals surface area (Å²) in [6.07, 6.45) is 3.67. The Morgan fingerprint density at radius 2 is 1.64 bits per heavy atom. The summed E-state index contributed by atoms with van der Waals surface area (Å²) in [6.45, 7) is 1.93. The third-order valence-electron chi connectivity index (χ3n) is 6.76. The first-order valence-electron chi connectivity index (χ1n) is 10.7. The van der Waals surface area contributed by atoms with Crippen molar-refractivity contribution in [3.05, 3.63) is 107 Å². The van der Waals surface area contributed by atoms with Crippen LogP contribution in [0.3, 0.4) is 0 Å². The van der Waals surface area contributed by atoms with Gasteiger partial charge in [-0.15, -0.1) is 0 Å². The van der Waals surface area contributed by atoms with Crippen LogP contribution in [0, 0.1) is 40.8 Å². The molecular formula is C28H20FN3O. The number of Topliss-reactive ketones (excluding diaryl/α,β-unsaturated/α-hetero) is 1. The number of nitrogens with zero attached hydrogens (tertiary/aromatic N) is 3. The van der Waals surface area contributed by atoms with E-state index in [1.54, 1.807) is 36.4 Å². The van der Waals surface area contributed by atoms with Crippen LogP contribution < -0.4 is 4.90 Å². The highest BCUT2D eigenvalue weighted by Gasteiger charge is 2.63. The van der Waals surface area contributed by atoms with Crippen molar-refractivity contribution in [1.82, 2.24) is 0 Å². The van der Waals surface area contributed by atoms with Crippen LogP contribution in [0.2, 0.25) is 0 Å². The van der Waals surface area contributed by atoms with Crippen LogP contribution in [-0.2, 0) is 0 Å². The Labute approximate surface area is 191 Å². The first-order valence-corrected chi connectivity index (χ1v) is 10.7. The Hall–Kier alpha value is -4.22. The lowest BCUT2D eigenvalue weighted by Crippen LogP contribution is -2.44. The molecule has 2 aliphatic heterocycles. The van der Waals surface area contributed by atoms with Crippen LogP contribution in [0.25, 0.3) is 6.08 Å². The van der Waals surface area contributed by atoms with Gasteiger partial charge in [0.15, 0.2) is 11.2 Å². The zero-order valence-corrected chi connectivity index (χ0v) is 17.9. The standard InChI is InChI=1S/C28H20FN3O/c1-18-10-12-20(13-11-18)27(33)26-25(21-7-3-4-8-22(21)29)28(16-30,17-31)24-15-14-19-6-2-5-9-23(19)32(24)26/h2-15,24-26H,1H3. The number of halogens is 1. The summed E-state index contributed by atoms with van der Waals surface area (Å²) in [4.78, 5) is 15.9. The summed E-state index contributed by atoms with van der Waals surface area (Å²) in [5.41, 5.74) is 1.66. The van der Waals surface area contributed by atoms with Gasteiger partial charge in [-0.25, -0.2) is 4.39 Å². The highest BCUT2D eigenvalue weighted by molar-refractivity contribution is 6.04. The summed E-state index contributed by atoms with van der Waals surface area (Å²) < 4.78 is 15.2. The molecule has 5 rings (SSSR count). The molecule has 0 aromatic heterocycles. The van der Waals surface area contributed by atoms with Gasteiger partial charge in [-0.1, -0.05) is 78.4 Å². The highest BCUT2D eigenvalue weighted by Crippen LogP contribution is 2.55. The lowest BCUT2D eigenvalue weighted by molar-refractivity contribution is 0.0950. The topological polar surface area (TPSA) is 67.9 Å². The van der Waals surface area contributed by atoms with Gasteiger partial charge >= 0.3 is 0 Å². The molecule has 2 heterocycles. The molecule has 160 valence electrons. The van der Waals surface area contributed by atoms with Crippen LogP contribution in [0.15, 0.2) is 78.9 Å². The predicted octanol–water partition coefficient (Wildman–Crippen LogP) is 5.42. The number of hydrogen-bond acceptors (Lipinski definition) is 4. The van der Waals surface area contributed by atoms with Gasteiger partial charge in [0.1, 0.15) is 11.9 Å². The minimum absolute atomic E-state index is 0.200. The van der Waals surface area contributed by atoms with E-state index in [1.807, 2.05) is 54.3 Å². The quantitative estimate of drug-likeness (QED) is 0.518. The Balaban J connectivity index is 1.80. The second kappa shape index (κ2) is 7.73. The summed E-state index contributed by atoms with van der Waals surface area (Å²) in [7, 11) is 0. The van der Waals surface area contributed by atoms with Crippen LogP contribution in [0.1, 0.15) is 33.0 Å². The molecule has 3 unspecified atom stereocenters. The van der Waals surface area contributed by atoms with Gasteiger partial charge < -0.3 is 4.90 Å². The molecule has 4 nitrogen and oxygen atoms in total. The van der Waals surface area contributed by atoms with Crippen molar-refractivity contribution in [2.24, 2.45) is 5.41 Å². The van der Waals surface area contributed by atoms with E-state index in [-0.39, 0.29) is 11.3 Å². The van der Waals surface area contributed by atoms with E-state index in [4.69, 9.17) is 0 Å². The maximum atomic E-state index is 15.2. The van der Waals surface area contributed by atoms with E-state index >= 15 is 4.39 Å². The van der Waals surface area contributed by atoms with Gasteiger partial charge in [-0.3, -0.25) is 4.79 Å². The molecule has 1 fully saturated rings. The van der Waals surface area contributed by atoms with E-state index in [1.165, 1.54) is 6.07 Å². The Kier molecular flexibility index (Phi) is 4.84. The molecule has 0 amide bonds. The molecular weight excluding hydrogens is 413 g/mol. The lowest BCUT2D eigenvalue weighted by Gasteiger charge is -2.35. The zero-order chi connectivity index (χ0) is 23.2. The molecule has 3 aromatic rings. The fourth-order valence-electron chi connectivity index (χ4n) is 5.19. The van der Waals surface area contributed by atoms with Crippen molar-refractivity contribution < 1.29 is 9.18 Å². The van der Waals surface area contributed by atoms with E-state index in [9.17, 15) is 15.3 Å². The van der Waals surface area contributed by atoms with Crippen molar-refractivity contribution >= 4 is 17.5 Å². The third kappa shape index (κ3) is 2.97. The minimum atomic E-state index is -1.66. The molecule has 3 aromatic carbocycles. The number of carbonyl (C=O) groups excluding carboxylic acids is 1. The molecule has 0 saturated carbocycles. The molecule has 2 aliphatic rings. The fraction of sp³-hybridized carbons (Fsp3) is 0.179. The molecule has 0 bridgehead atoms. The van der Waals surface area contributed by atoms with E-state index < -0.39 is 29.2 Å². The Morgan fingerprint density at radius 3 is 2.33 bits per heavy atom. The molecule has 0 N–H and O–H groups in total. The van der Waals surface area contributed by atoms with Crippen molar-refractivity contribution in [3.8, 4) is 12.1 Å². The number of nitriles is 2. The van der Waals surface area contributed by atoms with Gasteiger partial charge in [0.05, 0.1) is 18.2 Å². The molecule has 1 saturated heterocycles. The number of hydrogen-bond donors (Lipinski definition) is 0. The maximum absolute atomic E-state index is 15.2. The second-order valence-corrected chi connectivity index (χ2v) is 8.54. The van der Waals surface area contributed by atoms with Crippen molar-refractivity contribution in [1.29, 1.82) is 10.5 Å². The molecule has 33 heavy (non-hydrogen) atoms. The monoisotopic (exact) mass is 433 g/mol. The van der Waals surface area contributed by atoms with E-state index in [2.05, 4.69) is 12.1 Å². The molecule has 0 aliphatic carbocycles. The van der Waals surface area contributed by atoms with E-state index in [0.29, 0.717) is 5.56 Å². The van der Waals surface area contributed by atoms with Crippen LogP contribution in [0.5, 0.6) is 0 Å². The number of para-hydroxylation sites is 1. The highest BCUT2D eigenvalue weighted by atomic mass is 19.1. The summed E-state index contributed by atoms with van der Waals surface area (Å²) in [5.74, 6) is -1.76. The third-order valence-corrected chi connectivity index (χ3v) is 6.76. The second-order valence-electron chi connectivity index (χ2n) is 8.54. The number of ketones is 1. The Morgan fingerprint density at radius 1 is 0.970 bits per heavy atom.